The molecule has 0 aliphatic carbocycles. The molecule has 282 valence electrons. The molecule has 0 radical (unpaired) electrons. The molecular weight excluding hydrogens is 695 g/mol. The highest BCUT2D eigenvalue weighted by molar-refractivity contribution is 7.45. The Morgan fingerprint density at radius 2 is 1.45 bits per heavy atom. The van der Waals surface area contributed by atoms with Crippen molar-refractivity contribution in [2.45, 2.75) is 77.5 Å². The quantitative estimate of drug-likeness (QED) is 0.0734. The predicted octanol–water partition coefficient (Wildman–Crippen LogP) is 6.24. The number of alkyl carbamates (subject to hydrolysis) is 1. The molecule has 0 aliphatic heterocycles. The summed E-state index contributed by atoms with van der Waals surface area (Å²) in [4.78, 5) is 52.4. The number of rotatable bonds is 18. The van der Waals surface area contributed by atoms with Gasteiger partial charge in [-0.3, -0.25) is 19.0 Å². The number of carboxylic acids is 1. The van der Waals surface area contributed by atoms with Crippen molar-refractivity contribution in [2.24, 2.45) is 23.5 Å². The Morgan fingerprint density at radius 3 is 2.08 bits per heavy atom. The van der Waals surface area contributed by atoms with Gasteiger partial charge in [-0.25, -0.2) is 4.79 Å². The van der Waals surface area contributed by atoms with Gasteiger partial charge in [0, 0.05) is 18.0 Å². The van der Waals surface area contributed by atoms with E-state index in [0.29, 0.717) is 28.5 Å². The van der Waals surface area contributed by atoms with Crippen LogP contribution in [0.15, 0.2) is 91.1 Å². The van der Waals surface area contributed by atoms with Crippen LogP contribution in [0.5, 0.6) is 0 Å². The number of carbonyl (C=O) groups is 4. The van der Waals surface area contributed by atoms with Crippen molar-refractivity contribution in [3.05, 3.63) is 108 Å². The van der Waals surface area contributed by atoms with Gasteiger partial charge in [-0.15, -0.1) is 0 Å². The van der Waals surface area contributed by atoms with Gasteiger partial charge in [-0.05, 0) is 47.4 Å². The fourth-order valence-corrected chi connectivity index (χ4v) is 7.82. The first kappa shape index (κ1) is 40.9. The van der Waals surface area contributed by atoms with E-state index in [0.717, 1.165) is 5.56 Å². The second kappa shape index (κ2) is 19.3. The number of para-hydroxylation sites is 1. The van der Waals surface area contributed by atoms with E-state index in [-0.39, 0.29) is 43.4 Å². The number of aliphatic hydroxyl groups excluding tert-OH is 1. The summed E-state index contributed by atoms with van der Waals surface area (Å²) in [6, 6.07) is 21.6. The molecule has 0 bridgehead atoms. The number of fused-ring (bicyclic) bond motifs is 1. The summed E-state index contributed by atoms with van der Waals surface area (Å²) >= 11 is 0. The standard InChI is InChI=1S/C40H49N4O8P/c1-25(2)19-30(37(46)44-22-29(21-32(41)38(47)48)31-17-11-12-18-34(31)44)24-53(51)39(49)35(28-15-9-6-10-16-28)43-36(45)33(20-26(3)4)42-40(50)52-23-27-13-7-5-8-14-27/h5-18,22,25-26,30,32-33,35,39,49H,19-21,23-24,41H2,1-4H3,(H2-,42,43,45,47,48,50)/p+1. The van der Waals surface area contributed by atoms with Gasteiger partial charge in [-0.2, -0.15) is 0 Å². The van der Waals surface area contributed by atoms with Gasteiger partial charge in [0.05, 0.1) is 11.4 Å². The fourth-order valence-electron chi connectivity index (χ4n) is 6.28. The molecule has 2 amide bonds. The Morgan fingerprint density at radius 1 is 0.849 bits per heavy atom. The van der Waals surface area contributed by atoms with Crippen LogP contribution in [-0.4, -0.2) is 62.7 Å². The largest absolute Gasteiger partial charge is 0.480 e. The number of carbonyl (C=O) groups excluding carboxylic acids is 3. The first-order valence-corrected chi connectivity index (χ1v) is 19.3. The number of carboxylic acid groups (broad SMARTS) is 1. The van der Waals surface area contributed by atoms with Crippen molar-refractivity contribution in [3.8, 4) is 0 Å². The van der Waals surface area contributed by atoms with Gasteiger partial charge in [0.2, 0.25) is 11.8 Å². The number of ether oxygens (including phenoxy) is 1. The van der Waals surface area contributed by atoms with Crippen molar-refractivity contribution >= 4 is 42.6 Å². The second-order valence-electron chi connectivity index (χ2n) is 14.2. The third-order valence-electron chi connectivity index (χ3n) is 8.87. The molecule has 4 rings (SSSR count). The Bertz CT molecular complexity index is 1860. The number of benzene rings is 3. The van der Waals surface area contributed by atoms with Crippen LogP contribution in [0.3, 0.4) is 0 Å². The summed E-state index contributed by atoms with van der Waals surface area (Å²) in [6.07, 6.45) is 1.27. The van der Waals surface area contributed by atoms with Crippen LogP contribution in [0.4, 0.5) is 4.79 Å². The summed E-state index contributed by atoms with van der Waals surface area (Å²) < 4.78 is 20.9. The molecule has 1 heterocycles. The first-order chi connectivity index (χ1) is 25.2. The number of nitrogens with zero attached hydrogens (tertiary/aromatic N) is 1. The minimum Gasteiger partial charge on any atom is -0.480 e. The average Bonchev–Trinajstić information content (AvgIpc) is 3.50. The number of hydrogen-bond donors (Lipinski definition) is 5. The number of hydrogen-bond acceptors (Lipinski definition) is 8. The molecule has 3 aromatic carbocycles. The monoisotopic (exact) mass is 745 g/mol. The molecule has 13 heteroatoms. The molecule has 12 nitrogen and oxygen atoms in total. The fraction of sp³-hybridized carbons (Fsp3) is 0.400. The van der Waals surface area contributed by atoms with E-state index in [1.807, 2.05) is 58.0 Å². The summed E-state index contributed by atoms with van der Waals surface area (Å²) in [5.41, 5.74) is 8.28. The highest BCUT2D eigenvalue weighted by atomic mass is 31.1. The SMILES string of the molecule is CC(C)CC(C[P+](=O)C(O)C(NC(=O)C(CC(C)C)NC(=O)OCc1ccccc1)c1ccccc1)C(=O)n1cc(CC(N)C(=O)O)c2ccccc21. The summed E-state index contributed by atoms with van der Waals surface area (Å²) in [7, 11) is -2.52. The maximum Gasteiger partial charge on any atom is 0.408 e. The molecule has 0 fully saturated rings. The lowest BCUT2D eigenvalue weighted by atomic mass is 9.98. The molecule has 6 atom stereocenters. The maximum atomic E-state index is 14.2. The Labute approximate surface area is 310 Å². The van der Waals surface area contributed by atoms with E-state index in [2.05, 4.69) is 10.6 Å². The van der Waals surface area contributed by atoms with E-state index >= 15 is 0 Å². The molecule has 6 unspecified atom stereocenters. The average molecular weight is 746 g/mol. The molecule has 0 saturated carbocycles. The number of aromatic nitrogens is 1. The van der Waals surface area contributed by atoms with E-state index in [1.54, 1.807) is 60.8 Å². The van der Waals surface area contributed by atoms with Gasteiger partial charge in [0.15, 0.2) is 6.16 Å². The number of aliphatic hydroxyl groups is 1. The van der Waals surface area contributed by atoms with Crippen molar-refractivity contribution in [1.82, 2.24) is 15.2 Å². The van der Waals surface area contributed by atoms with Crippen LogP contribution >= 0.6 is 7.80 Å². The molecule has 0 saturated heterocycles. The predicted molar refractivity (Wildman–Crippen MR) is 204 cm³/mol. The van der Waals surface area contributed by atoms with E-state index in [4.69, 9.17) is 10.5 Å². The minimum atomic E-state index is -2.52. The zero-order chi connectivity index (χ0) is 38.7. The number of nitrogens with two attached hydrogens (primary N) is 1. The Hall–Kier alpha value is -4.90. The van der Waals surface area contributed by atoms with Gasteiger partial charge >= 0.3 is 19.9 Å². The van der Waals surface area contributed by atoms with Gasteiger partial charge < -0.3 is 31.3 Å². The molecule has 4 aromatic rings. The van der Waals surface area contributed by atoms with Crippen molar-refractivity contribution in [1.29, 1.82) is 0 Å². The minimum absolute atomic E-state index is 0.00450. The van der Waals surface area contributed by atoms with E-state index in [1.165, 1.54) is 4.57 Å². The van der Waals surface area contributed by atoms with Gasteiger partial charge in [-0.1, -0.05) is 111 Å². The maximum absolute atomic E-state index is 14.2. The van der Waals surface area contributed by atoms with Gasteiger partial charge in [0.25, 0.3) is 5.85 Å². The van der Waals surface area contributed by atoms with Crippen molar-refractivity contribution in [2.75, 3.05) is 6.16 Å². The third-order valence-corrected chi connectivity index (χ3v) is 10.6. The van der Waals surface area contributed by atoms with Crippen LogP contribution in [-0.2, 0) is 31.9 Å². The summed E-state index contributed by atoms with van der Waals surface area (Å²) in [5.74, 6) is -4.44. The zero-order valence-electron chi connectivity index (χ0n) is 30.6. The number of nitrogens with one attached hydrogen (secondary N) is 2. The Kier molecular flexibility index (Phi) is 14.8. The third kappa shape index (κ3) is 11.5. The molecule has 6 N–H and O–H groups in total. The lowest BCUT2D eigenvalue weighted by Gasteiger charge is -2.25. The number of amides is 2. The second-order valence-corrected chi connectivity index (χ2v) is 15.9. The summed E-state index contributed by atoms with van der Waals surface area (Å²) in [6.45, 7) is 7.70. The van der Waals surface area contributed by atoms with Crippen LogP contribution in [0.25, 0.3) is 10.9 Å². The smallest absolute Gasteiger partial charge is 0.408 e. The first-order valence-electron chi connectivity index (χ1n) is 17.8. The highest BCUT2D eigenvalue weighted by Gasteiger charge is 2.42. The van der Waals surface area contributed by atoms with E-state index in [9.17, 15) is 34.0 Å². The molecule has 1 aromatic heterocycles. The normalized spacial score (nSPS) is 14.6. The molecular formula is C40H50N4O8P+. The summed E-state index contributed by atoms with van der Waals surface area (Å²) in [5, 5.41) is 27.3. The molecule has 53 heavy (non-hydrogen) atoms. The van der Waals surface area contributed by atoms with Crippen LogP contribution < -0.4 is 16.4 Å². The topological polar surface area (TPSA) is 190 Å². The zero-order valence-corrected chi connectivity index (χ0v) is 31.4. The number of aliphatic carboxylic acids is 1. The van der Waals surface area contributed by atoms with Crippen LogP contribution in [0, 0.1) is 17.8 Å². The lowest BCUT2D eigenvalue weighted by molar-refractivity contribution is -0.138. The highest BCUT2D eigenvalue weighted by Crippen LogP contribution is 2.39. The molecule has 0 aliphatic rings. The Balaban J connectivity index is 1.56. The van der Waals surface area contributed by atoms with Crippen LogP contribution in [0.1, 0.15) is 68.1 Å². The van der Waals surface area contributed by atoms with Gasteiger partial charge in [0.1, 0.15) is 24.7 Å². The van der Waals surface area contributed by atoms with Crippen LogP contribution in [0.2, 0.25) is 0 Å². The lowest BCUT2D eigenvalue weighted by Crippen LogP contribution is -2.49. The van der Waals surface area contributed by atoms with Crippen molar-refractivity contribution < 1.29 is 38.7 Å². The van der Waals surface area contributed by atoms with Crippen molar-refractivity contribution in [3.63, 3.8) is 0 Å². The van der Waals surface area contributed by atoms with E-state index < -0.39 is 55.7 Å². The molecule has 0 spiro atoms.